The SMILES string of the molecule is CC(=O)Nc1cccc(NC(=O)Cc2cccnc2)n1. The molecular formula is C14H14N4O2. The second kappa shape index (κ2) is 6.42. The van der Waals surface area contributed by atoms with Crippen molar-refractivity contribution in [3.8, 4) is 0 Å². The van der Waals surface area contributed by atoms with Crippen LogP contribution in [0.15, 0.2) is 42.7 Å². The number of anilines is 2. The van der Waals surface area contributed by atoms with Crippen LogP contribution in [0.25, 0.3) is 0 Å². The van der Waals surface area contributed by atoms with Crippen molar-refractivity contribution in [2.45, 2.75) is 13.3 Å². The monoisotopic (exact) mass is 270 g/mol. The van der Waals surface area contributed by atoms with Gasteiger partial charge in [-0.1, -0.05) is 12.1 Å². The van der Waals surface area contributed by atoms with Crippen molar-refractivity contribution in [2.24, 2.45) is 0 Å². The number of carbonyl (C=O) groups excluding carboxylic acids is 2. The Hall–Kier alpha value is -2.76. The summed E-state index contributed by atoms with van der Waals surface area (Å²) in [6.07, 6.45) is 3.51. The van der Waals surface area contributed by atoms with Crippen LogP contribution in [-0.2, 0) is 16.0 Å². The number of nitrogens with zero attached hydrogens (tertiary/aromatic N) is 2. The molecule has 102 valence electrons. The van der Waals surface area contributed by atoms with E-state index in [1.54, 1.807) is 36.7 Å². The normalized spacial score (nSPS) is 9.85. The van der Waals surface area contributed by atoms with E-state index in [9.17, 15) is 9.59 Å². The van der Waals surface area contributed by atoms with Gasteiger partial charge in [-0.2, -0.15) is 0 Å². The van der Waals surface area contributed by atoms with Crippen LogP contribution in [0.5, 0.6) is 0 Å². The number of hydrogen-bond donors (Lipinski definition) is 2. The average Bonchev–Trinajstić information content (AvgIpc) is 2.39. The Labute approximate surface area is 116 Å². The van der Waals surface area contributed by atoms with Gasteiger partial charge in [0.05, 0.1) is 6.42 Å². The molecule has 2 N–H and O–H groups in total. The Morgan fingerprint density at radius 1 is 1.10 bits per heavy atom. The van der Waals surface area contributed by atoms with Crippen molar-refractivity contribution < 1.29 is 9.59 Å². The fourth-order valence-corrected chi connectivity index (χ4v) is 1.63. The lowest BCUT2D eigenvalue weighted by atomic mass is 10.2. The predicted octanol–water partition coefficient (Wildman–Crippen LogP) is 1.62. The first-order valence-corrected chi connectivity index (χ1v) is 6.07. The van der Waals surface area contributed by atoms with Gasteiger partial charge >= 0.3 is 0 Å². The lowest BCUT2D eigenvalue weighted by molar-refractivity contribution is -0.116. The summed E-state index contributed by atoms with van der Waals surface area (Å²) in [6.45, 7) is 1.40. The molecule has 0 saturated carbocycles. The second-order valence-electron chi connectivity index (χ2n) is 4.18. The van der Waals surface area contributed by atoms with E-state index in [0.29, 0.717) is 11.6 Å². The van der Waals surface area contributed by atoms with Crippen molar-refractivity contribution in [3.05, 3.63) is 48.3 Å². The molecule has 0 aromatic carbocycles. The summed E-state index contributed by atoms with van der Waals surface area (Å²) in [5.74, 6) is 0.392. The molecule has 0 bridgehead atoms. The fourth-order valence-electron chi connectivity index (χ4n) is 1.63. The highest BCUT2D eigenvalue weighted by Crippen LogP contribution is 2.09. The molecule has 20 heavy (non-hydrogen) atoms. The molecule has 0 unspecified atom stereocenters. The van der Waals surface area contributed by atoms with Crippen molar-refractivity contribution >= 4 is 23.5 Å². The highest BCUT2D eigenvalue weighted by atomic mass is 16.2. The Morgan fingerprint density at radius 2 is 1.85 bits per heavy atom. The Bertz CT molecular complexity index is 614. The van der Waals surface area contributed by atoms with Crippen molar-refractivity contribution in [1.82, 2.24) is 9.97 Å². The molecule has 0 saturated heterocycles. The van der Waals surface area contributed by atoms with Gasteiger partial charge in [0.2, 0.25) is 11.8 Å². The lowest BCUT2D eigenvalue weighted by Gasteiger charge is -2.06. The van der Waals surface area contributed by atoms with E-state index in [-0.39, 0.29) is 18.2 Å². The van der Waals surface area contributed by atoms with Gasteiger partial charge in [-0.05, 0) is 23.8 Å². The van der Waals surface area contributed by atoms with Crippen LogP contribution in [0.4, 0.5) is 11.6 Å². The summed E-state index contributed by atoms with van der Waals surface area (Å²) >= 11 is 0. The molecule has 2 heterocycles. The lowest BCUT2D eigenvalue weighted by Crippen LogP contribution is -2.16. The summed E-state index contributed by atoms with van der Waals surface area (Å²) in [6, 6.07) is 8.62. The molecule has 2 amide bonds. The molecule has 0 aliphatic rings. The van der Waals surface area contributed by atoms with Gasteiger partial charge in [-0.25, -0.2) is 4.98 Å². The Balaban J connectivity index is 1.99. The van der Waals surface area contributed by atoms with Crippen LogP contribution in [-0.4, -0.2) is 21.8 Å². The number of nitrogens with one attached hydrogen (secondary N) is 2. The Morgan fingerprint density at radius 3 is 2.50 bits per heavy atom. The van der Waals surface area contributed by atoms with Crippen molar-refractivity contribution in [3.63, 3.8) is 0 Å². The molecule has 0 atom stereocenters. The minimum Gasteiger partial charge on any atom is -0.311 e. The summed E-state index contributed by atoms with van der Waals surface area (Å²) in [7, 11) is 0. The maximum atomic E-state index is 11.8. The third-order valence-corrected chi connectivity index (χ3v) is 2.41. The van der Waals surface area contributed by atoms with Crippen LogP contribution in [0.2, 0.25) is 0 Å². The van der Waals surface area contributed by atoms with Gasteiger partial charge in [-0.3, -0.25) is 14.6 Å². The highest BCUT2D eigenvalue weighted by molar-refractivity contribution is 5.92. The summed E-state index contributed by atoms with van der Waals surface area (Å²) in [4.78, 5) is 30.9. The van der Waals surface area contributed by atoms with Gasteiger partial charge in [0, 0.05) is 19.3 Å². The molecule has 0 radical (unpaired) electrons. The van der Waals surface area contributed by atoms with E-state index in [1.165, 1.54) is 6.92 Å². The van der Waals surface area contributed by atoms with Crippen LogP contribution >= 0.6 is 0 Å². The highest BCUT2D eigenvalue weighted by Gasteiger charge is 2.06. The maximum absolute atomic E-state index is 11.8. The number of pyridine rings is 2. The summed E-state index contributed by atoms with van der Waals surface area (Å²) in [5.41, 5.74) is 0.822. The van der Waals surface area contributed by atoms with Crippen LogP contribution < -0.4 is 10.6 Å². The summed E-state index contributed by atoms with van der Waals surface area (Å²) < 4.78 is 0. The second-order valence-corrected chi connectivity index (χ2v) is 4.18. The molecular weight excluding hydrogens is 256 g/mol. The van der Waals surface area contributed by atoms with Crippen LogP contribution in [0.3, 0.4) is 0 Å². The summed E-state index contributed by atoms with van der Waals surface area (Å²) in [5, 5.41) is 5.23. The molecule has 2 rings (SSSR count). The zero-order valence-corrected chi connectivity index (χ0v) is 11.0. The van der Waals surface area contributed by atoms with Crippen molar-refractivity contribution in [2.75, 3.05) is 10.6 Å². The third kappa shape index (κ3) is 4.16. The maximum Gasteiger partial charge on any atom is 0.230 e. The predicted molar refractivity (Wildman–Crippen MR) is 75.1 cm³/mol. The van der Waals surface area contributed by atoms with E-state index in [0.717, 1.165) is 5.56 Å². The van der Waals surface area contributed by atoms with Crippen LogP contribution in [0.1, 0.15) is 12.5 Å². The van der Waals surface area contributed by atoms with Crippen LogP contribution in [0, 0.1) is 0 Å². The van der Waals surface area contributed by atoms with E-state index in [1.807, 2.05) is 6.07 Å². The molecule has 2 aromatic rings. The standard InChI is InChI=1S/C14H14N4O2/c1-10(19)16-12-5-2-6-13(17-12)18-14(20)8-11-4-3-7-15-9-11/h2-7,9H,8H2,1H3,(H2,16,17,18,19,20). The quantitative estimate of drug-likeness (QED) is 0.884. The van der Waals surface area contributed by atoms with Gasteiger partial charge < -0.3 is 10.6 Å². The molecule has 6 heteroatoms. The van der Waals surface area contributed by atoms with Gasteiger partial charge in [-0.15, -0.1) is 0 Å². The van der Waals surface area contributed by atoms with Crippen molar-refractivity contribution in [1.29, 1.82) is 0 Å². The molecule has 2 aromatic heterocycles. The zero-order valence-electron chi connectivity index (χ0n) is 11.0. The van der Waals surface area contributed by atoms with E-state index >= 15 is 0 Å². The van der Waals surface area contributed by atoms with E-state index in [2.05, 4.69) is 20.6 Å². The van der Waals surface area contributed by atoms with Gasteiger partial charge in [0.15, 0.2) is 0 Å². The smallest absolute Gasteiger partial charge is 0.230 e. The minimum atomic E-state index is -0.212. The zero-order chi connectivity index (χ0) is 14.4. The minimum absolute atomic E-state index is 0.189. The third-order valence-electron chi connectivity index (χ3n) is 2.41. The number of hydrogen-bond acceptors (Lipinski definition) is 4. The van der Waals surface area contributed by atoms with Gasteiger partial charge in [0.1, 0.15) is 11.6 Å². The largest absolute Gasteiger partial charge is 0.311 e. The number of aromatic nitrogens is 2. The first-order valence-electron chi connectivity index (χ1n) is 6.07. The fraction of sp³-hybridized carbons (Fsp3) is 0.143. The Kier molecular flexibility index (Phi) is 4.39. The topological polar surface area (TPSA) is 84.0 Å². The molecule has 0 aliphatic heterocycles. The van der Waals surface area contributed by atoms with Gasteiger partial charge in [0.25, 0.3) is 0 Å². The molecule has 0 spiro atoms. The number of amides is 2. The average molecular weight is 270 g/mol. The number of rotatable bonds is 4. The molecule has 0 fully saturated rings. The number of carbonyl (C=O) groups is 2. The molecule has 6 nitrogen and oxygen atoms in total. The van der Waals surface area contributed by atoms with E-state index in [4.69, 9.17) is 0 Å². The first-order chi connectivity index (χ1) is 9.63. The first kappa shape index (κ1) is 13.7. The van der Waals surface area contributed by atoms with E-state index < -0.39 is 0 Å². The molecule has 0 aliphatic carbocycles.